The van der Waals surface area contributed by atoms with Gasteiger partial charge >= 0.3 is 0 Å². The number of rotatable bonds is 5. The topological polar surface area (TPSA) is 44.5 Å². The minimum atomic E-state index is 0.249. The normalized spacial score (nSPS) is 10.7. The third-order valence-corrected chi connectivity index (χ3v) is 2.59. The maximum atomic E-state index is 5.64. The fraction of sp³-hybridized carbons (Fsp3) is 0.455. The molecule has 0 fully saturated rings. The zero-order valence-corrected chi connectivity index (χ0v) is 11.2. The lowest BCUT2D eigenvalue weighted by Crippen LogP contribution is -2.11. The first kappa shape index (κ1) is 12.6. The summed E-state index contributed by atoms with van der Waals surface area (Å²) in [4.78, 5) is 0. The summed E-state index contributed by atoms with van der Waals surface area (Å²) in [6.07, 6.45) is 0.249. The van der Waals surface area contributed by atoms with Crippen molar-refractivity contribution in [3.63, 3.8) is 0 Å². The number of hydrogen-bond donors (Lipinski definition) is 1. The fourth-order valence-electron chi connectivity index (χ4n) is 1.07. The first-order valence-electron chi connectivity index (χ1n) is 4.89. The van der Waals surface area contributed by atoms with E-state index in [0.717, 1.165) is 15.0 Å². The molecule has 0 aliphatic rings. The van der Waals surface area contributed by atoms with Crippen molar-refractivity contribution in [2.45, 2.75) is 20.0 Å². The molecule has 0 saturated carbocycles. The molecular weight excluding hydrogens is 305 g/mol. The molecule has 0 bridgehead atoms. The van der Waals surface area contributed by atoms with Crippen LogP contribution in [0.3, 0.4) is 0 Å². The van der Waals surface area contributed by atoms with Crippen LogP contribution >= 0.6 is 22.6 Å². The first-order chi connectivity index (χ1) is 7.09. The maximum absolute atomic E-state index is 5.64. The summed E-state index contributed by atoms with van der Waals surface area (Å²) in [6, 6.07) is 5.60. The molecule has 3 nitrogen and oxygen atoms in total. The minimum absolute atomic E-state index is 0.249. The second-order valence-electron chi connectivity index (χ2n) is 3.46. The monoisotopic (exact) mass is 321 g/mol. The van der Waals surface area contributed by atoms with Gasteiger partial charge in [0.2, 0.25) is 0 Å². The van der Waals surface area contributed by atoms with Crippen molar-refractivity contribution in [2.75, 3.05) is 18.9 Å². The molecule has 0 amide bonds. The van der Waals surface area contributed by atoms with Crippen molar-refractivity contribution >= 4 is 28.3 Å². The highest BCUT2D eigenvalue weighted by Crippen LogP contribution is 2.22. The smallest absolute Gasteiger partial charge is 0.132 e. The zero-order chi connectivity index (χ0) is 11.3. The Morgan fingerprint density at radius 1 is 1.33 bits per heavy atom. The molecule has 15 heavy (non-hydrogen) atoms. The van der Waals surface area contributed by atoms with E-state index in [2.05, 4.69) is 22.6 Å². The summed E-state index contributed by atoms with van der Waals surface area (Å²) in [5.41, 5.74) is 6.39. The van der Waals surface area contributed by atoms with E-state index in [-0.39, 0.29) is 6.10 Å². The molecule has 0 saturated heterocycles. The Morgan fingerprint density at radius 3 is 2.67 bits per heavy atom. The highest BCUT2D eigenvalue weighted by molar-refractivity contribution is 14.1. The van der Waals surface area contributed by atoms with Crippen LogP contribution < -0.4 is 10.5 Å². The number of halogens is 1. The predicted octanol–water partition coefficient (Wildman–Crippen LogP) is 2.68. The van der Waals surface area contributed by atoms with Crippen molar-refractivity contribution in [3.8, 4) is 5.75 Å². The van der Waals surface area contributed by atoms with Gasteiger partial charge in [-0.05, 0) is 54.6 Å². The standard InChI is InChI=1S/C11H16INO2/c1-8(2)14-5-6-15-11-4-3-9(13)7-10(11)12/h3-4,7-8H,5-6,13H2,1-2H3. The first-order valence-corrected chi connectivity index (χ1v) is 5.97. The van der Waals surface area contributed by atoms with Gasteiger partial charge in [0.1, 0.15) is 12.4 Å². The summed E-state index contributed by atoms with van der Waals surface area (Å²) in [7, 11) is 0. The van der Waals surface area contributed by atoms with Gasteiger partial charge in [0.05, 0.1) is 16.3 Å². The molecule has 0 radical (unpaired) electrons. The van der Waals surface area contributed by atoms with Gasteiger partial charge in [-0.2, -0.15) is 0 Å². The lowest BCUT2D eigenvalue weighted by molar-refractivity contribution is 0.0551. The van der Waals surface area contributed by atoms with E-state index in [1.54, 1.807) is 0 Å². The minimum Gasteiger partial charge on any atom is -0.490 e. The number of nitrogens with two attached hydrogens (primary N) is 1. The van der Waals surface area contributed by atoms with Crippen LogP contribution in [0, 0.1) is 3.57 Å². The molecule has 0 heterocycles. The molecule has 0 atom stereocenters. The number of nitrogen functional groups attached to an aromatic ring is 1. The molecule has 1 rings (SSSR count). The van der Waals surface area contributed by atoms with Crippen molar-refractivity contribution in [2.24, 2.45) is 0 Å². The molecular formula is C11H16INO2. The molecule has 0 aliphatic carbocycles. The molecule has 4 heteroatoms. The quantitative estimate of drug-likeness (QED) is 0.515. The molecule has 1 aromatic rings. The summed E-state index contributed by atoms with van der Waals surface area (Å²) in [6.45, 7) is 5.19. The van der Waals surface area contributed by atoms with Crippen molar-refractivity contribution in [3.05, 3.63) is 21.8 Å². The maximum Gasteiger partial charge on any atom is 0.132 e. The Bertz CT molecular complexity index is 315. The Kier molecular flexibility index (Phi) is 5.17. The lowest BCUT2D eigenvalue weighted by Gasteiger charge is -2.10. The number of benzene rings is 1. The van der Waals surface area contributed by atoms with Gasteiger partial charge in [-0.3, -0.25) is 0 Å². The lowest BCUT2D eigenvalue weighted by atomic mass is 10.3. The van der Waals surface area contributed by atoms with Crippen LogP contribution in [-0.2, 0) is 4.74 Å². The van der Waals surface area contributed by atoms with E-state index < -0.39 is 0 Å². The Labute approximate surface area is 104 Å². The highest BCUT2D eigenvalue weighted by atomic mass is 127. The predicted molar refractivity (Wildman–Crippen MR) is 70.2 cm³/mol. The van der Waals surface area contributed by atoms with Crippen LogP contribution in [0.2, 0.25) is 0 Å². The van der Waals surface area contributed by atoms with Crippen molar-refractivity contribution in [1.82, 2.24) is 0 Å². The third kappa shape index (κ3) is 4.70. The molecule has 0 spiro atoms. The van der Waals surface area contributed by atoms with Gasteiger partial charge < -0.3 is 15.2 Å². The molecule has 0 aromatic heterocycles. The van der Waals surface area contributed by atoms with Crippen molar-refractivity contribution < 1.29 is 9.47 Å². The SMILES string of the molecule is CC(C)OCCOc1ccc(N)cc1I. The molecule has 2 N–H and O–H groups in total. The van der Waals surface area contributed by atoms with Crippen LogP contribution in [0.15, 0.2) is 18.2 Å². The van der Waals surface area contributed by atoms with Gasteiger partial charge in [-0.25, -0.2) is 0 Å². The van der Waals surface area contributed by atoms with Crippen LogP contribution in [-0.4, -0.2) is 19.3 Å². The van der Waals surface area contributed by atoms with Gasteiger partial charge in [-0.15, -0.1) is 0 Å². The molecule has 0 aliphatic heterocycles. The van der Waals surface area contributed by atoms with E-state index in [4.69, 9.17) is 15.2 Å². The Balaban J connectivity index is 2.37. The Hall–Kier alpha value is -0.490. The van der Waals surface area contributed by atoms with Crippen LogP contribution in [0.4, 0.5) is 5.69 Å². The molecule has 1 aromatic carbocycles. The number of ether oxygens (including phenoxy) is 2. The van der Waals surface area contributed by atoms with Crippen LogP contribution in [0.5, 0.6) is 5.75 Å². The van der Waals surface area contributed by atoms with E-state index in [0.29, 0.717) is 13.2 Å². The summed E-state index contributed by atoms with van der Waals surface area (Å²) >= 11 is 2.21. The van der Waals surface area contributed by atoms with E-state index >= 15 is 0 Å². The number of anilines is 1. The average molecular weight is 321 g/mol. The highest BCUT2D eigenvalue weighted by Gasteiger charge is 2.01. The fourth-order valence-corrected chi connectivity index (χ4v) is 1.76. The van der Waals surface area contributed by atoms with E-state index in [1.165, 1.54) is 0 Å². The summed E-state index contributed by atoms with van der Waals surface area (Å²) in [5, 5.41) is 0. The largest absolute Gasteiger partial charge is 0.490 e. The number of hydrogen-bond acceptors (Lipinski definition) is 3. The average Bonchev–Trinajstić information content (AvgIpc) is 2.14. The Morgan fingerprint density at radius 2 is 2.07 bits per heavy atom. The zero-order valence-electron chi connectivity index (χ0n) is 9.00. The van der Waals surface area contributed by atoms with Crippen molar-refractivity contribution in [1.29, 1.82) is 0 Å². The third-order valence-electron chi connectivity index (χ3n) is 1.75. The molecule has 84 valence electrons. The van der Waals surface area contributed by atoms with E-state index in [1.807, 2.05) is 32.0 Å². The van der Waals surface area contributed by atoms with Gasteiger partial charge in [0, 0.05) is 5.69 Å². The van der Waals surface area contributed by atoms with Gasteiger partial charge in [0.25, 0.3) is 0 Å². The van der Waals surface area contributed by atoms with Crippen LogP contribution in [0.25, 0.3) is 0 Å². The second kappa shape index (κ2) is 6.17. The van der Waals surface area contributed by atoms with E-state index in [9.17, 15) is 0 Å². The second-order valence-corrected chi connectivity index (χ2v) is 4.62. The van der Waals surface area contributed by atoms with Gasteiger partial charge in [-0.1, -0.05) is 0 Å². The summed E-state index contributed by atoms with van der Waals surface area (Å²) in [5.74, 6) is 0.858. The summed E-state index contributed by atoms with van der Waals surface area (Å²) < 4.78 is 12.0. The molecule has 0 unspecified atom stereocenters. The van der Waals surface area contributed by atoms with Gasteiger partial charge in [0.15, 0.2) is 0 Å². The van der Waals surface area contributed by atoms with Crippen LogP contribution in [0.1, 0.15) is 13.8 Å².